The number of nitrogens with two attached hydrogens (primary N) is 2. The summed E-state index contributed by atoms with van der Waals surface area (Å²) in [6, 6.07) is 6.93. The Hall–Kier alpha value is -1.76. The lowest BCUT2D eigenvalue weighted by Gasteiger charge is -2.32. The molecule has 0 aliphatic carbocycles. The number of hydrogen-bond acceptors (Lipinski definition) is 6. The van der Waals surface area contributed by atoms with E-state index in [1.165, 1.54) is 0 Å². The normalized spacial score (nSPS) is 16.1. The van der Waals surface area contributed by atoms with Crippen molar-refractivity contribution < 1.29 is 4.74 Å². The topological polar surface area (TPSA) is 90.3 Å². The number of piperidine rings is 1. The zero-order chi connectivity index (χ0) is 17.8. The highest BCUT2D eigenvalue weighted by Crippen LogP contribution is 2.28. The van der Waals surface area contributed by atoms with E-state index in [2.05, 4.69) is 14.9 Å². The quantitative estimate of drug-likeness (QED) is 0.826. The lowest BCUT2D eigenvalue weighted by atomic mass is 10.1. The molecule has 2 heterocycles. The first kappa shape index (κ1) is 18.0. The van der Waals surface area contributed by atoms with Crippen LogP contribution in [0, 0.1) is 0 Å². The highest BCUT2D eigenvalue weighted by Gasteiger charge is 2.21. The fourth-order valence-electron chi connectivity index (χ4n) is 2.90. The molecule has 1 aromatic heterocycles. The second kappa shape index (κ2) is 8.08. The highest BCUT2D eigenvalue weighted by molar-refractivity contribution is 6.42. The first-order valence-corrected chi connectivity index (χ1v) is 8.98. The van der Waals surface area contributed by atoms with Gasteiger partial charge in [-0.1, -0.05) is 23.2 Å². The summed E-state index contributed by atoms with van der Waals surface area (Å²) < 4.78 is 6.01. The molecule has 0 saturated carbocycles. The second-order valence-corrected chi connectivity index (χ2v) is 6.93. The number of hydrogen-bond donors (Lipinski definition) is 2. The van der Waals surface area contributed by atoms with Crippen LogP contribution in [0.1, 0.15) is 18.7 Å². The third-order valence-electron chi connectivity index (χ3n) is 4.19. The van der Waals surface area contributed by atoms with Gasteiger partial charge in [-0.25, -0.2) is 9.97 Å². The van der Waals surface area contributed by atoms with Gasteiger partial charge in [0.25, 0.3) is 0 Å². The van der Waals surface area contributed by atoms with Crippen LogP contribution in [0.3, 0.4) is 0 Å². The number of ether oxygens (including phenoxy) is 1. The molecule has 25 heavy (non-hydrogen) atoms. The Bertz CT molecular complexity index is 715. The van der Waals surface area contributed by atoms with Gasteiger partial charge in [0.15, 0.2) is 0 Å². The van der Waals surface area contributed by atoms with E-state index in [9.17, 15) is 0 Å². The van der Waals surface area contributed by atoms with Crippen LogP contribution in [0.5, 0.6) is 5.75 Å². The average molecular weight is 382 g/mol. The van der Waals surface area contributed by atoms with E-state index in [4.69, 9.17) is 39.4 Å². The summed E-state index contributed by atoms with van der Waals surface area (Å²) in [4.78, 5) is 10.8. The van der Waals surface area contributed by atoms with E-state index in [-0.39, 0.29) is 6.10 Å². The van der Waals surface area contributed by atoms with Gasteiger partial charge >= 0.3 is 0 Å². The number of nitrogens with zero attached hydrogens (tertiary/aromatic N) is 3. The molecule has 134 valence electrons. The van der Waals surface area contributed by atoms with Gasteiger partial charge in [0.2, 0.25) is 0 Å². The second-order valence-electron chi connectivity index (χ2n) is 6.12. The van der Waals surface area contributed by atoms with Crippen LogP contribution in [-0.4, -0.2) is 40.6 Å². The van der Waals surface area contributed by atoms with Crippen LogP contribution >= 0.6 is 23.2 Å². The molecule has 0 bridgehead atoms. The molecule has 3 rings (SSSR count). The molecular formula is C17H21Cl2N5O. The molecule has 4 N–H and O–H groups in total. The molecule has 0 radical (unpaired) electrons. The summed E-state index contributed by atoms with van der Waals surface area (Å²) in [7, 11) is 0. The molecule has 0 atom stereocenters. The minimum Gasteiger partial charge on any atom is -0.490 e. The molecule has 2 aromatic rings. The maximum atomic E-state index is 6.03. The van der Waals surface area contributed by atoms with E-state index in [1.54, 1.807) is 18.2 Å². The number of likely N-dealkylation sites (tertiary alicyclic amines) is 1. The van der Waals surface area contributed by atoms with Gasteiger partial charge in [0.05, 0.1) is 10.0 Å². The van der Waals surface area contributed by atoms with Crippen LogP contribution in [0.2, 0.25) is 10.0 Å². The Morgan fingerprint density at radius 2 is 1.72 bits per heavy atom. The predicted molar refractivity (Wildman–Crippen MR) is 101 cm³/mol. The molecule has 1 saturated heterocycles. The number of aromatic nitrogens is 2. The van der Waals surface area contributed by atoms with Crippen LogP contribution in [0.15, 0.2) is 24.3 Å². The first-order valence-electron chi connectivity index (χ1n) is 8.22. The van der Waals surface area contributed by atoms with Crippen molar-refractivity contribution in [2.24, 2.45) is 0 Å². The van der Waals surface area contributed by atoms with Crippen LogP contribution in [0.4, 0.5) is 11.6 Å². The maximum Gasteiger partial charge on any atom is 0.134 e. The number of rotatable bonds is 5. The maximum absolute atomic E-state index is 6.03. The van der Waals surface area contributed by atoms with Crippen molar-refractivity contribution in [3.63, 3.8) is 0 Å². The molecule has 1 fully saturated rings. The van der Waals surface area contributed by atoms with Gasteiger partial charge in [0, 0.05) is 38.2 Å². The van der Waals surface area contributed by atoms with Crippen molar-refractivity contribution in [1.82, 2.24) is 14.9 Å². The lowest BCUT2D eigenvalue weighted by Crippen LogP contribution is -2.39. The molecule has 6 nitrogen and oxygen atoms in total. The Morgan fingerprint density at radius 1 is 1.04 bits per heavy atom. The molecule has 0 amide bonds. The fourth-order valence-corrected chi connectivity index (χ4v) is 3.19. The monoisotopic (exact) mass is 381 g/mol. The van der Waals surface area contributed by atoms with Gasteiger partial charge in [0.1, 0.15) is 29.3 Å². The predicted octanol–water partition coefficient (Wildman–Crippen LogP) is 3.03. The van der Waals surface area contributed by atoms with E-state index in [0.29, 0.717) is 27.5 Å². The summed E-state index contributed by atoms with van der Waals surface area (Å²) in [5, 5.41) is 1.05. The molecule has 0 unspecified atom stereocenters. The minimum atomic E-state index is 0.188. The lowest BCUT2D eigenvalue weighted by molar-refractivity contribution is 0.101. The van der Waals surface area contributed by atoms with Gasteiger partial charge < -0.3 is 21.1 Å². The van der Waals surface area contributed by atoms with Crippen LogP contribution in [0.25, 0.3) is 0 Å². The van der Waals surface area contributed by atoms with Crippen molar-refractivity contribution in [2.45, 2.75) is 25.4 Å². The number of anilines is 2. The summed E-state index contributed by atoms with van der Waals surface area (Å²) >= 11 is 12.0. The zero-order valence-electron chi connectivity index (χ0n) is 13.8. The number of halogens is 2. The largest absolute Gasteiger partial charge is 0.490 e. The van der Waals surface area contributed by atoms with E-state index in [1.807, 2.05) is 6.07 Å². The van der Waals surface area contributed by atoms with E-state index < -0.39 is 0 Å². The molecule has 1 aliphatic rings. The molecule has 0 spiro atoms. The Balaban J connectivity index is 1.46. The van der Waals surface area contributed by atoms with Gasteiger partial charge in [-0.15, -0.1) is 0 Å². The van der Waals surface area contributed by atoms with Gasteiger partial charge in [-0.05, 0) is 25.0 Å². The van der Waals surface area contributed by atoms with Gasteiger partial charge in [-0.3, -0.25) is 0 Å². The minimum absolute atomic E-state index is 0.188. The third-order valence-corrected chi connectivity index (χ3v) is 4.93. The zero-order valence-corrected chi connectivity index (χ0v) is 15.3. The fraction of sp³-hybridized carbons (Fsp3) is 0.412. The Morgan fingerprint density at radius 3 is 2.36 bits per heavy atom. The molecule has 8 heteroatoms. The third kappa shape index (κ3) is 5.11. The summed E-state index contributed by atoms with van der Waals surface area (Å²) in [5.41, 5.74) is 11.4. The van der Waals surface area contributed by atoms with Crippen LogP contribution < -0.4 is 16.2 Å². The summed E-state index contributed by atoms with van der Waals surface area (Å²) in [6.07, 6.45) is 2.83. The first-order chi connectivity index (χ1) is 12.0. The van der Waals surface area contributed by atoms with Crippen molar-refractivity contribution in [3.05, 3.63) is 40.1 Å². The Labute approximate surface area is 157 Å². The standard InChI is InChI=1S/C17H21Cl2N5O/c18-13-2-1-12(9-14(13)19)25-11-3-6-24(7-4-11)8-5-17-22-15(20)10-16(21)23-17/h1-2,9-11H,3-8H2,(H4,20,21,22,23). The Kier molecular flexibility index (Phi) is 5.83. The van der Waals surface area contributed by atoms with Crippen molar-refractivity contribution in [1.29, 1.82) is 0 Å². The molecule has 1 aromatic carbocycles. The van der Waals surface area contributed by atoms with E-state index >= 15 is 0 Å². The number of benzene rings is 1. The van der Waals surface area contributed by atoms with Crippen LogP contribution in [-0.2, 0) is 6.42 Å². The summed E-state index contributed by atoms with van der Waals surface area (Å²) in [5.74, 6) is 2.27. The van der Waals surface area contributed by atoms with Crippen molar-refractivity contribution >= 4 is 34.8 Å². The highest BCUT2D eigenvalue weighted by atomic mass is 35.5. The molecule has 1 aliphatic heterocycles. The average Bonchev–Trinajstić information content (AvgIpc) is 2.57. The molecular weight excluding hydrogens is 361 g/mol. The SMILES string of the molecule is Nc1cc(N)nc(CCN2CCC(Oc3ccc(Cl)c(Cl)c3)CC2)n1. The summed E-state index contributed by atoms with van der Waals surface area (Å²) in [6.45, 7) is 2.80. The smallest absolute Gasteiger partial charge is 0.134 e. The van der Waals surface area contributed by atoms with Gasteiger partial charge in [-0.2, -0.15) is 0 Å². The number of nitrogen functional groups attached to an aromatic ring is 2. The van der Waals surface area contributed by atoms with E-state index in [0.717, 1.165) is 44.6 Å². The van der Waals surface area contributed by atoms with Crippen molar-refractivity contribution in [2.75, 3.05) is 31.1 Å². The van der Waals surface area contributed by atoms with Crippen molar-refractivity contribution in [3.8, 4) is 5.75 Å².